The molecule has 0 radical (unpaired) electrons. The monoisotopic (exact) mass is 758 g/mol. The third-order valence-electron chi connectivity index (χ3n) is 8.05. The van der Waals surface area contributed by atoms with E-state index in [0.717, 1.165) is 77.0 Å². The van der Waals surface area contributed by atoms with Crippen LogP contribution in [0.5, 0.6) is 0 Å². The van der Waals surface area contributed by atoms with Gasteiger partial charge in [-0.3, -0.25) is 18.6 Å². The lowest BCUT2D eigenvalue weighted by Gasteiger charge is -2.20. The predicted molar refractivity (Wildman–Crippen MR) is 207 cm³/mol. The van der Waals surface area contributed by atoms with E-state index in [1.165, 1.54) is 25.7 Å². The molecule has 0 saturated carbocycles. The molecule has 12 heteroatoms. The minimum atomic E-state index is -4.63. The Labute approximate surface area is 314 Å². The maximum atomic E-state index is 12.6. The first kappa shape index (κ1) is 49.9. The van der Waals surface area contributed by atoms with E-state index >= 15 is 0 Å². The first-order valence-corrected chi connectivity index (χ1v) is 21.2. The molecule has 0 rings (SSSR count). The molecule has 0 aliphatic heterocycles. The quantitative estimate of drug-likeness (QED) is 0.0158. The zero-order valence-electron chi connectivity index (χ0n) is 32.1. The molecule has 2 unspecified atom stereocenters. The minimum Gasteiger partial charge on any atom is -0.462 e. The van der Waals surface area contributed by atoms with E-state index in [1.807, 2.05) is 24.3 Å². The number of aliphatic hydroxyl groups is 3. The van der Waals surface area contributed by atoms with Crippen molar-refractivity contribution in [2.24, 2.45) is 0 Å². The average Bonchev–Trinajstić information content (AvgIpc) is 3.12. The molecule has 0 aliphatic rings. The Morgan fingerprint density at radius 2 is 1.21 bits per heavy atom. The second-order valence-electron chi connectivity index (χ2n) is 13.1. The number of carbonyl (C=O) groups excluding carboxylic acids is 2. The summed E-state index contributed by atoms with van der Waals surface area (Å²) in [6, 6.07) is 0. The average molecular weight is 759 g/mol. The highest BCUT2D eigenvalue weighted by Gasteiger charge is 2.27. The molecule has 0 spiro atoms. The number of rotatable bonds is 36. The molecular weight excluding hydrogens is 687 g/mol. The molecule has 11 nitrogen and oxygen atoms in total. The SMILES string of the molecule is CC/C=C/CC(O)/C=C/C=C/CCCCCCCC(=O)O[C@H](COC(=O)CCCCCCC/C=C\CCCCCC)COP(=O)(O)OC[C@@H](O)CO. The molecule has 0 aromatic heterocycles. The van der Waals surface area contributed by atoms with Gasteiger partial charge in [-0.2, -0.15) is 0 Å². The van der Waals surface area contributed by atoms with Crippen LogP contribution >= 0.6 is 7.82 Å². The number of phosphoric acid groups is 1. The second-order valence-corrected chi connectivity index (χ2v) is 14.6. The molecule has 0 aromatic rings. The molecule has 52 heavy (non-hydrogen) atoms. The highest BCUT2D eigenvalue weighted by Crippen LogP contribution is 2.43. The molecule has 0 bridgehead atoms. The molecule has 302 valence electrons. The van der Waals surface area contributed by atoms with Crippen molar-refractivity contribution in [1.29, 1.82) is 0 Å². The van der Waals surface area contributed by atoms with E-state index in [2.05, 4.69) is 36.6 Å². The van der Waals surface area contributed by atoms with Crippen molar-refractivity contribution in [3.05, 3.63) is 48.6 Å². The lowest BCUT2D eigenvalue weighted by molar-refractivity contribution is -0.161. The zero-order chi connectivity index (χ0) is 38.5. The van der Waals surface area contributed by atoms with Gasteiger partial charge in [0.2, 0.25) is 0 Å². The van der Waals surface area contributed by atoms with Crippen molar-refractivity contribution in [2.75, 3.05) is 26.4 Å². The number of aliphatic hydroxyl groups excluding tert-OH is 3. The Morgan fingerprint density at radius 3 is 1.83 bits per heavy atom. The lowest BCUT2D eigenvalue weighted by atomic mass is 10.1. The van der Waals surface area contributed by atoms with Crippen molar-refractivity contribution in [2.45, 2.75) is 167 Å². The van der Waals surface area contributed by atoms with Crippen molar-refractivity contribution in [3.8, 4) is 0 Å². The highest BCUT2D eigenvalue weighted by atomic mass is 31.2. The van der Waals surface area contributed by atoms with Gasteiger partial charge >= 0.3 is 19.8 Å². The normalized spacial score (nSPS) is 15.1. The Kier molecular flexibility index (Phi) is 34.4. The van der Waals surface area contributed by atoms with E-state index < -0.39 is 57.9 Å². The third-order valence-corrected chi connectivity index (χ3v) is 9.00. The number of hydrogen-bond acceptors (Lipinski definition) is 10. The first-order valence-electron chi connectivity index (χ1n) is 19.7. The summed E-state index contributed by atoms with van der Waals surface area (Å²) in [5.41, 5.74) is 0. The van der Waals surface area contributed by atoms with E-state index in [0.29, 0.717) is 19.3 Å². The van der Waals surface area contributed by atoms with Crippen LogP contribution in [0.3, 0.4) is 0 Å². The molecule has 4 atom stereocenters. The Morgan fingerprint density at radius 1 is 0.654 bits per heavy atom. The molecule has 0 aromatic carbocycles. The van der Waals surface area contributed by atoms with Crippen LogP contribution in [0.15, 0.2) is 48.6 Å². The topological polar surface area (TPSA) is 169 Å². The van der Waals surface area contributed by atoms with Crippen LogP contribution in [0.2, 0.25) is 0 Å². The van der Waals surface area contributed by atoms with Crippen LogP contribution < -0.4 is 0 Å². The summed E-state index contributed by atoms with van der Waals surface area (Å²) in [6.45, 7) is 2.08. The van der Waals surface area contributed by atoms with Crippen molar-refractivity contribution in [1.82, 2.24) is 0 Å². The summed E-state index contributed by atoms with van der Waals surface area (Å²) >= 11 is 0. The van der Waals surface area contributed by atoms with Gasteiger partial charge in [0, 0.05) is 12.8 Å². The molecular formula is C40H71O11P. The Bertz CT molecular complexity index is 1030. The van der Waals surface area contributed by atoms with Crippen LogP contribution in [0.4, 0.5) is 0 Å². The third kappa shape index (κ3) is 34.9. The number of esters is 2. The van der Waals surface area contributed by atoms with Crippen molar-refractivity contribution < 1.29 is 52.9 Å². The largest absolute Gasteiger partial charge is 0.472 e. The summed E-state index contributed by atoms with van der Waals surface area (Å²) < 4.78 is 32.5. The van der Waals surface area contributed by atoms with Crippen LogP contribution in [-0.2, 0) is 32.7 Å². The first-order chi connectivity index (χ1) is 25.1. The number of hydrogen-bond donors (Lipinski definition) is 4. The van der Waals surface area contributed by atoms with Gasteiger partial charge in [-0.25, -0.2) is 4.57 Å². The zero-order valence-corrected chi connectivity index (χ0v) is 33.0. The molecule has 0 fully saturated rings. The van der Waals surface area contributed by atoms with E-state index in [-0.39, 0.29) is 19.4 Å². The second kappa shape index (κ2) is 35.9. The lowest BCUT2D eigenvalue weighted by Crippen LogP contribution is -2.29. The van der Waals surface area contributed by atoms with Crippen molar-refractivity contribution >= 4 is 19.8 Å². The van der Waals surface area contributed by atoms with Crippen LogP contribution in [0.25, 0.3) is 0 Å². The van der Waals surface area contributed by atoms with Gasteiger partial charge in [-0.1, -0.05) is 120 Å². The van der Waals surface area contributed by atoms with Crippen molar-refractivity contribution in [3.63, 3.8) is 0 Å². The van der Waals surface area contributed by atoms with E-state index in [4.69, 9.17) is 19.1 Å². The maximum Gasteiger partial charge on any atom is 0.472 e. The van der Waals surface area contributed by atoms with Gasteiger partial charge in [0.15, 0.2) is 6.10 Å². The summed E-state index contributed by atoms with van der Waals surface area (Å²) in [5.74, 6) is -0.993. The van der Waals surface area contributed by atoms with Crippen LogP contribution in [-0.4, -0.2) is 76.9 Å². The fourth-order valence-electron chi connectivity index (χ4n) is 4.96. The number of ether oxygens (including phenoxy) is 2. The van der Waals surface area contributed by atoms with Crippen LogP contribution in [0.1, 0.15) is 149 Å². The fourth-order valence-corrected chi connectivity index (χ4v) is 5.75. The minimum absolute atomic E-state index is 0.135. The van der Waals surface area contributed by atoms with E-state index in [9.17, 15) is 29.3 Å². The molecule has 4 N–H and O–H groups in total. The van der Waals surface area contributed by atoms with Crippen LogP contribution in [0, 0.1) is 0 Å². The Hall–Kier alpha value is -2.11. The summed E-state index contributed by atoms with van der Waals surface area (Å²) in [7, 11) is -4.63. The Balaban J connectivity index is 4.45. The van der Waals surface area contributed by atoms with Gasteiger partial charge in [0.1, 0.15) is 12.7 Å². The van der Waals surface area contributed by atoms with E-state index in [1.54, 1.807) is 6.08 Å². The highest BCUT2D eigenvalue weighted by molar-refractivity contribution is 7.47. The number of allylic oxidation sites excluding steroid dienone is 6. The van der Waals surface area contributed by atoms with Gasteiger partial charge in [-0.05, 0) is 64.2 Å². The van der Waals surface area contributed by atoms with Gasteiger partial charge in [0.05, 0.1) is 25.9 Å². The predicted octanol–water partition coefficient (Wildman–Crippen LogP) is 8.75. The number of carbonyl (C=O) groups is 2. The standard InChI is InChI=1S/C40H71O11P/c1-3-5-7-8-9-10-11-12-13-16-19-22-26-30-39(44)48-34-38(35-50-52(46,47)49-33-37(43)32-41)51-40(45)31-27-23-20-17-14-15-18-21-25-29-36(42)28-24-6-4-2/h6,10-11,18,21,24-25,29,36-38,41-43H,3-5,7-9,12-17,19-20,22-23,26-28,30-35H2,1-2H3,(H,46,47)/b11-10-,21-18+,24-6+,29-25+/t36?,37-,38+/m0/s1. The summed E-state index contributed by atoms with van der Waals surface area (Å²) in [5, 5.41) is 28.1. The van der Waals surface area contributed by atoms with Gasteiger partial charge < -0.3 is 29.7 Å². The molecule has 0 saturated heterocycles. The maximum absolute atomic E-state index is 12.6. The molecule has 0 amide bonds. The van der Waals surface area contributed by atoms with Gasteiger partial charge in [0.25, 0.3) is 0 Å². The number of unbranched alkanes of at least 4 members (excludes halogenated alkanes) is 14. The smallest absolute Gasteiger partial charge is 0.462 e. The summed E-state index contributed by atoms with van der Waals surface area (Å²) in [4.78, 5) is 34.9. The summed E-state index contributed by atoms with van der Waals surface area (Å²) in [6.07, 6.45) is 32.7. The fraction of sp³-hybridized carbons (Fsp3) is 0.750. The molecule has 0 aliphatic carbocycles. The number of phosphoric ester groups is 1. The van der Waals surface area contributed by atoms with Gasteiger partial charge in [-0.15, -0.1) is 0 Å². The molecule has 0 heterocycles.